The molecule has 0 saturated carbocycles. The van der Waals surface area contributed by atoms with Gasteiger partial charge < -0.3 is 10.2 Å². The van der Waals surface area contributed by atoms with Gasteiger partial charge in [0, 0.05) is 24.0 Å². The monoisotopic (exact) mass is 659 g/mol. The minimum atomic E-state index is -4.20. The number of aryl methyl sites for hydroxylation is 3. The number of benzene rings is 4. The lowest BCUT2D eigenvalue weighted by atomic mass is 10.0. The molecule has 0 spiro atoms. The molecule has 242 valence electrons. The number of halogens is 1. The highest BCUT2D eigenvalue weighted by Gasteiger charge is 2.35. The minimum Gasteiger partial charge on any atom is -0.352 e. The number of anilines is 1. The number of nitrogens with one attached hydrogen (secondary N) is 1. The van der Waals surface area contributed by atoms with Crippen molar-refractivity contribution in [2.24, 2.45) is 0 Å². The summed E-state index contributed by atoms with van der Waals surface area (Å²) in [7, 11) is -4.20. The Hall–Kier alpha value is -4.14. The number of carbonyl (C=O) groups is 2. The summed E-state index contributed by atoms with van der Waals surface area (Å²) in [6.45, 7) is 9.09. The van der Waals surface area contributed by atoms with E-state index in [1.807, 2.05) is 82.3 Å². The summed E-state index contributed by atoms with van der Waals surface area (Å²) >= 11 is 6.25. The Morgan fingerprint density at radius 3 is 2.13 bits per heavy atom. The van der Waals surface area contributed by atoms with Gasteiger partial charge in [-0.25, -0.2) is 8.42 Å². The average Bonchev–Trinajstić information content (AvgIpc) is 3.03. The van der Waals surface area contributed by atoms with Crippen LogP contribution < -0.4 is 9.62 Å². The van der Waals surface area contributed by atoms with Crippen molar-refractivity contribution in [3.05, 3.63) is 130 Å². The number of carbonyl (C=O) groups excluding carboxylic acids is 2. The van der Waals surface area contributed by atoms with Crippen molar-refractivity contribution in [2.45, 2.75) is 71.0 Å². The number of sulfonamides is 1. The molecule has 46 heavy (non-hydrogen) atoms. The van der Waals surface area contributed by atoms with Crippen LogP contribution >= 0.6 is 11.6 Å². The summed E-state index contributed by atoms with van der Waals surface area (Å²) in [5.74, 6) is -0.802. The van der Waals surface area contributed by atoms with Crippen molar-refractivity contribution in [1.29, 1.82) is 0 Å². The molecule has 0 saturated heterocycles. The molecule has 7 nitrogen and oxygen atoms in total. The molecule has 0 bridgehead atoms. The van der Waals surface area contributed by atoms with Crippen molar-refractivity contribution >= 4 is 39.1 Å². The Morgan fingerprint density at radius 1 is 0.848 bits per heavy atom. The third-order valence-electron chi connectivity index (χ3n) is 8.19. The number of amides is 2. The van der Waals surface area contributed by atoms with E-state index >= 15 is 0 Å². The number of rotatable bonds is 13. The Kier molecular flexibility index (Phi) is 11.7. The SMILES string of the molecule is CC[C@@H](C)NC(=O)[C@H](Cc1ccccc1)N(Cc1ccccc1C)C(=O)CN(c1ccc(Cl)cc1C)S(=O)(=O)c1ccc(C)cc1. The number of nitrogens with zero attached hydrogens (tertiary/aromatic N) is 2. The first-order valence-electron chi connectivity index (χ1n) is 15.4. The van der Waals surface area contributed by atoms with Crippen molar-refractivity contribution < 1.29 is 18.0 Å². The standard InChI is InChI=1S/C37H42ClN3O4S/c1-6-29(5)39-37(43)35(23-30-13-8-7-9-14-30)40(24-31-15-11-10-12-27(31)3)36(42)25-41(34-21-18-32(38)22-28(34)4)46(44,45)33-19-16-26(2)17-20-33/h7-22,29,35H,6,23-25H2,1-5H3,(H,39,43)/t29-,35+/m1/s1. The second kappa shape index (κ2) is 15.4. The third kappa shape index (κ3) is 8.56. The molecular weight excluding hydrogens is 618 g/mol. The van der Waals surface area contributed by atoms with Crippen molar-refractivity contribution in [1.82, 2.24) is 10.2 Å². The van der Waals surface area contributed by atoms with Gasteiger partial charge >= 0.3 is 0 Å². The van der Waals surface area contributed by atoms with E-state index in [1.54, 1.807) is 37.3 Å². The van der Waals surface area contributed by atoms with Crippen LogP contribution in [0, 0.1) is 20.8 Å². The second-order valence-corrected chi connectivity index (χ2v) is 14.0. The fraction of sp³-hybridized carbons (Fsp3) is 0.297. The first-order chi connectivity index (χ1) is 21.9. The van der Waals surface area contributed by atoms with Crippen molar-refractivity contribution in [2.75, 3.05) is 10.8 Å². The van der Waals surface area contributed by atoms with Gasteiger partial charge in [-0.15, -0.1) is 0 Å². The van der Waals surface area contributed by atoms with Gasteiger partial charge in [0.05, 0.1) is 10.6 Å². The van der Waals surface area contributed by atoms with Crippen LogP contribution in [0.1, 0.15) is 48.1 Å². The highest BCUT2D eigenvalue weighted by Crippen LogP contribution is 2.30. The van der Waals surface area contributed by atoms with E-state index < -0.39 is 28.5 Å². The Balaban J connectivity index is 1.84. The molecule has 0 radical (unpaired) electrons. The first-order valence-corrected chi connectivity index (χ1v) is 17.3. The molecule has 0 unspecified atom stereocenters. The Morgan fingerprint density at radius 2 is 1.50 bits per heavy atom. The molecule has 0 aliphatic heterocycles. The fourth-order valence-corrected chi connectivity index (χ4v) is 6.92. The minimum absolute atomic E-state index is 0.0565. The van der Waals surface area contributed by atoms with Crippen LogP contribution in [0.5, 0.6) is 0 Å². The summed E-state index contributed by atoms with van der Waals surface area (Å²) in [6.07, 6.45) is 0.972. The summed E-state index contributed by atoms with van der Waals surface area (Å²) < 4.78 is 29.7. The molecule has 0 fully saturated rings. The van der Waals surface area contributed by atoms with Crippen LogP contribution in [0.2, 0.25) is 5.02 Å². The second-order valence-electron chi connectivity index (χ2n) is 11.7. The predicted octanol–water partition coefficient (Wildman–Crippen LogP) is 7.02. The van der Waals surface area contributed by atoms with Crippen LogP contribution in [-0.4, -0.2) is 43.8 Å². The third-order valence-corrected chi connectivity index (χ3v) is 10.2. The average molecular weight is 660 g/mol. The van der Waals surface area contributed by atoms with E-state index in [9.17, 15) is 18.0 Å². The molecule has 9 heteroatoms. The van der Waals surface area contributed by atoms with Crippen molar-refractivity contribution in [3.8, 4) is 0 Å². The maximum atomic E-state index is 14.7. The van der Waals surface area contributed by atoms with Gasteiger partial charge in [-0.05, 0) is 86.7 Å². The summed E-state index contributed by atoms with van der Waals surface area (Å²) in [5.41, 5.74) is 4.53. The molecule has 1 N–H and O–H groups in total. The normalized spacial score (nSPS) is 12.7. The van der Waals surface area contributed by atoms with Gasteiger partial charge in [-0.1, -0.05) is 90.8 Å². The molecule has 0 aliphatic carbocycles. The van der Waals surface area contributed by atoms with Crippen LogP contribution in [0.3, 0.4) is 0 Å². The van der Waals surface area contributed by atoms with E-state index in [1.165, 1.54) is 17.0 Å². The molecule has 0 aliphatic rings. The summed E-state index contributed by atoms with van der Waals surface area (Å²) in [4.78, 5) is 30.2. The zero-order valence-corrected chi connectivity index (χ0v) is 28.6. The lowest BCUT2D eigenvalue weighted by Gasteiger charge is -2.35. The molecular formula is C37H42ClN3O4S. The zero-order valence-electron chi connectivity index (χ0n) is 27.0. The van der Waals surface area contributed by atoms with E-state index in [0.29, 0.717) is 22.7 Å². The van der Waals surface area contributed by atoms with E-state index in [0.717, 1.165) is 26.6 Å². The van der Waals surface area contributed by atoms with E-state index in [4.69, 9.17) is 11.6 Å². The van der Waals surface area contributed by atoms with Gasteiger partial charge in [0.25, 0.3) is 10.0 Å². The lowest BCUT2D eigenvalue weighted by Crippen LogP contribution is -2.54. The molecule has 2 atom stereocenters. The molecule has 4 rings (SSSR count). The van der Waals surface area contributed by atoms with Gasteiger partial charge in [0.2, 0.25) is 11.8 Å². The summed E-state index contributed by atoms with van der Waals surface area (Å²) in [5, 5.41) is 3.52. The van der Waals surface area contributed by atoms with Gasteiger partial charge in [-0.2, -0.15) is 0 Å². The molecule has 2 amide bonds. The number of hydrogen-bond donors (Lipinski definition) is 1. The van der Waals surface area contributed by atoms with E-state index in [2.05, 4.69) is 5.32 Å². The quantitative estimate of drug-likeness (QED) is 0.167. The van der Waals surface area contributed by atoms with Crippen LogP contribution in [0.4, 0.5) is 5.69 Å². The molecule has 4 aromatic carbocycles. The Bertz CT molecular complexity index is 1760. The molecule has 0 aromatic heterocycles. The predicted molar refractivity (Wildman–Crippen MR) is 185 cm³/mol. The number of hydrogen-bond acceptors (Lipinski definition) is 4. The van der Waals surface area contributed by atoms with Crippen LogP contribution in [-0.2, 0) is 32.6 Å². The van der Waals surface area contributed by atoms with Crippen LogP contribution in [0.25, 0.3) is 0 Å². The maximum Gasteiger partial charge on any atom is 0.264 e. The topological polar surface area (TPSA) is 86.8 Å². The van der Waals surface area contributed by atoms with Crippen molar-refractivity contribution in [3.63, 3.8) is 0 Å². The fourth-order valence-electron chi connectivity index (χ4n) is 5.22. The molecule has 0 heterocycles. The Labute approximate surface area is 278 Å². The largest absolute Gasteiger partial charge is 0.352 e. The first kappa shape index (κ1) is 34.7. The molecule has 4 aromatic rings. The smallest absolute Gasteiger partial charge is 0.264 e. The van der Waals surface area contributed by atoms with E-state index in [-0.39, 0.29) is 29.8 Å². The van der Waals surface area contributed by atoms with Gasteiger partial charge in [-0.3, -0.25) is 13.9 Å². The lowest BCUT2D eigenvalue weighted by molar-refractivity contribution is -0.140. The van der Waals surface area contributed by atoms with Gasteiger partial charge in [0.15, 0.2) is 0 Å². The zero-order chi connectivity index (χ0) is 33.4. The highest BCUT2D eigenvalue weighted by atomic mass is 35.5. The van der Waals surface area contributed by atoms with Crippen LogP contribution in [0.15, 0.2) is 102 Å². The maximum absolute atomic E-state index is 14.7. The van der Waals surface area contributed by atoms with Gasteiger partial charge in [0.1, 0.15) is 12.6 Å². The highest BCUT2D eigenvalue weighted by molar-refractivity contribution is 7.92. The summed E-state index contributed by atoms with van der Waals surface area (Å²) in [6, 6.07) is 27.6.